The van der Waals surface area contributed by atoms with Gasteiger partial charge in [0.2, 0.25) is 5.91 Å². The Morgan fingerprint density at radius 2 is 2.15 bits per heavy atom. The van der Waals surface area contributed by atoms with E-state index < -0.39 is 0 Å². The number of carbonyl (C=O) groups excluding carboxylic acids is 1. The molecular weight excluding hydrogens is 346 g/mol. The lowest BCUT2D eigenvalue weighted by Crippen LogP contribution is -2.38. The predicted molar refractivity (Wildman–Crippen MR) is 99.1 cm³/mol. The highest BCUT2D eigenvalue weighted by molar-refractivity contribution is 5.83. The quantitative estimate of drug-likeness (QED) is 0.727. The Morgan fingerprint density at radius 1 is 1.33 bits per heavy atom. The molecule has 2 aromatic heterocycles. The van der Waals surface area contributed by atoms with E-state index in [4.69, 9.17) is 4.74 Å². The normalized spacial score (nSPS) is 16.8. The fourth-order valence-electron chi connectivity index (χ4n) is 3.74. The second kappa shape index (κ2) is 8.60. The molecule has 3 rings (SSSR count). The second-order valence-corrected chi connectivity index (χ2v) is 7.03. The van der Waals surface area contributed by atoms with Crippen LogP contribution >= 0.6 is 0 Å². The Morgan fingerprint density at radius 3 is 2.85 bits per heavy atom. The van der Waals surface area contributed by atoms with Crippen LogP contribution in [0.5, 0.6) is 0 Å². The summed E-state index contributed by atoms with van der Waals surface area (Å²) in [4.78, 5) is 15.3. The molecule has 9 heteroatoms. The van der Waals surface area contributed by atoms with Gasteiger partial charge in [0.1, 0.15) is 0 Å². The van der Waals surface area contributed by atoms with E-state index in [0.717, 1.165) is 49.3 Å². The summed E-state index contributed by atoms with van der Waals surface area (Å²) in [5, 5.41) is 16.6. The van der Waals surface area contributed by atoms with Crippen molar-refractivity contribution >= 4 is 5.91 Å². The smallest absolute Gasteiger partial charge is 0.233 e. The molecule has 1 amide bonds. The maximum Gasteiger partial charge on any atom is 0.233 e. The van der Waals surface area contributed by atoms with Crippen molar-refractivity contribution in [2.45, 2.75) is 65.6 Å². The van der Waals surface area contributed by atoms with E-state index in [1.807, 2.05) is 16.5 Å². The molecule has 148 valence electrons. The van der Waals surface area contributed by atoms with Crippen LogP contribution in [0.4, 0.5) is 0 Å². The van der Waals surface area contributed by atoms with E-state index in [9.17, 15) is 4.79 Å². The molecule has 0 N–H and O–H groups in total. The zero-order chi connectivity index (χ0) is 19.4. The number of carbonyl (C=O) groups is 1. The molecule has 0 fully saturated rings. The van der Waals surface area contributed by atoms with Crippen LogP contribution in [-0.4, -0.2) is 61.1 Å². The molecule has 2 aromatic rings. The summed E-state index contributed by atoms with van der Waals surface area (Å²) in [5.74, 6) is 0.437. The lowest BCUT2D eigenvalue weighted by molar-refractivity contribution is -0.134. The van der Waals surface area contributed by atoms with E-state index in [1.54, 1.807) is 11.8 Å². The molecule has 27 heavy (non-hydrogen) atoms. The Kier molecular flexibility index (Phi) is 6.20. The second-order valence-electron chi connectivity index (χ2n) is 7.03. The minimum absolute atomic E-state index is 0.0630. The maximum atomic E-state index is 13.5. The lowest BCUT2D eigenvalue weighted by atomic mass is 10.00. The van der Waals surface area contributed by atoms with Gasteiger partial charge in [0.15, 0.2) is 5.82 Å². The van der Waals surface area contributed by atoms with Crippen molar-refractivity contribution in [3.63, 3.8) is 0 Å². The van der Waals surface area contributed by atoms with E-state index >= 15 is 0 Å². The van der Waals surface area contributed by atoms with E-state index in [0.29, 0.717) is 25.5 Å². The Balaban J connectivity index is 1.87. The maximum absolute atomic E-state index is 13.5. The molecular formula is C18H29N7O2. The molecule has 0 saturated heterocycles. The van der Waals surface area contributed by atoms with Gasteiger partial charge in [0, 0.05) is 44.5 Å². The molecule has 9 nitrogen and oxygen atoms in total. The van der Waals surface area contributed by atoms with E-state index in [1.165, 1.54) is 0 Å². The first-order valence-corrected chi connectivity index (χ1v) is 9.63. The Hall–Kier alpha value is -2.29. The lowest BCUT2D eigenvalue weighted by Gasteiger charge is -2.26. The zero-order valence-electron chi connectivity index (χ0n) is 16.7. The summed E-state index contributed by atoms with van der Waals surface area (Å²) in [6, 6.07) is 0. The van der Waals surface area contributed by atoms with Crippen molar-refractivity contribution in [3.05, 3.63) is 22.8 Å². The Labute approximate surface area is 159 Å². The van der Waals surface area contributed by atoms with Crippen LogP contribution in [0, 0.1) is 13.8 Å². The van der Waals surface area contributed by atoms with Gasteiger partial charge in [-0.2, -0.15) is 5.10 Å². The number of aryl methyl sites for hydroxylation is 3. The highest BCUT2D eigenvalue weighted by Gasteiger charge is 2.32. The largest absolute Gasteiger partial charge is 0.383 e. The van der Waals surface area contributed by atoms with Crippen molar-refractivity contribution < 1.29 is 9.53 Å². The van der Waals surface area contributed by atoms with Crippen molar-refractivity contribution in [2.24, 2.45) is 0 Å². The van der Waals surface area contributed by atoms with Gasteiger partial charge >= 0.3 is 0 Å². The van der Waals surface area contributed by atoms with Crippen molar-refractivity contribution in [1.82, 2.24) is 34.9 Å². The average molecular weight is 375 g/mol. The van der Waals surface area contributed by atoms with Gasteiger partial charge in [0.05, 0.1) is 18.2 Å². The third-order valence-electron chi connectivity index (χ3n) is 5.34. The van der Waals surface area contributed by atoms with Crippen LogP contribution in [0.1, 0.15) is 54.9 Å². The fourth-order valence-corrected chi connectivity index (χ4v) is 3.74. The van der Waals surface area contributed by atoms with Crippen molar-refractivity contribution in [1.29, 1.82) is 0 Å². The van der Waals surface area contributed by atoms with E-state index in [-0.39, 0.29) is 11.8 Å². The van der Waals surface area contributed by atoms with E-state index in [2.05, 4.69) is 34.5 Å². The van der Waals surface area contributed by atoms with Gasteiger partial charge in [0.25, 0.3) is 0 Å². The van der Waals surface area contributed by atoms with Gasteiger partial charge in [-0.05, 0) is 44.0 Å². The standard InChI is InChI=1S/C18H29N7O2/c1-5-24-14(3)16(13(2)20-24)12-23(10-11-27-4)18(26)15-8-6-7-9-25-17(15)19-21-22-25/h15H,5-12H2,1-4H3/t15-/m0/s1. The number of tetrazole rings is 1. The summed E-state index contributed by atoms with van der Waals surface area (Å²) < 4.78 is 9.01. The first-order valence-electron chi connectivity index (χ1n) is 9.63. The third-order valence-corrected chi connectivity index (χ3v) is 5.34. The SMILES string of the molecule is CCn1nc(C)c(CN(CCOC)C(=O)[C@H]2CCCCn3nnnc32)c1C. The first-order chi connectivity index (χ1) is 13.1. The number of methoxy groups -OCH3 is 1. The number of hydrogen-bond acceptors (Lipinski definition) is 6. The van der Waals surface area contributed by atoms with Crippen molar-refractivity contribution in [3.8, 4) is 0 Å². The van der Waals surface area contributed by atoms with Crippen molar-refractivity contribution in [2.75, 3.05) is 20.3 Å². The van der Waals surface area contributed by atoms with Crippen LogP contribution in [0.15, 0.2) is 0 Å². The fraction of sp³-hybridized carbons (Fsp3) is 0.722. The topological polar surface area (TPSA) is 91.0 Å². The van der Waals surface area contributed by atoms with Crippen LogP contribution in [0.25, 0.3) is 0 Å². The van der Waals surface area contributed by atoms with Gasteiger partial charge in [-0.1, -0.05) is 6.42 Å². The number of rotatable bonds is 7. The molecule has 1 aliphatic rings. The van der Waals surface area contributed by atoms with Crippen LogP contribution in [-0.2, 0) is 29.2 Å². The van der Waals surface area contributed by atoms with Gasteiger partial charge in [-0.3, -0.25) is 9.48 Å². The average Bonchev–Trinajstić information content (AvgIpc) is 3.16. The molecule has 3 heterocycles. The minimum atomic E-state index is -0.304. The molecule has 0 radical (unpaired) electrons. The predicted octanol–water partition coefficient (Wildman–Crippen LogP) is 1.45. The Bertz CT molecular complexity index is 783. The van der Waals surface area contributed by atoms with Crippen LogP contribution in [0.2, 0.25) is 0 Å². The number of amides is 1. The number of hydrogen-bond donors (Lipinski definition) is 0. The van der Waals surface area contributed by atoms with Gasteiger partial charge in [-0.15, -0.1) is 5.10 Å². The zero-order valence-corrected chi connectivity index (χ0v) is 16.7. The molecule has 1 aliphatic heterocycles. The number of fused-ring (bicyclic) bond motifs is 1. The molecule has 0 unspecified atom stereocenters. The number of nitrogens with zero attached hydrogens (tertiary/aromatic N) is 7. The minimum Gasteiger partial charge on any atom is -0.383 e. The molecule has 1 atom stereocenters. The number of ether oxygens (including phenoxy) is 1. The third kappa shape index (κ3) is 4.02. The summed E-state index contributed by atoms with van der Waals surface area (Å²) in [6.45, 7) is 9.26. The first kappa shape index (κ1) is 19.5. The summed E-state index contributed by atoms with van der Waals surface area (Å²) in [5.41, 5.74) is 3.18. The van der Waals surface area contributed by atoms with Crippen LogP contribution in [0.3, 0.4) is 0 Å². The molecule has 0 saturated carbocycles. The molecule has 0 aromatic carbocycles. The van der Waals surface area contributed by atoms with Crippen LogP contribution < -0.4 is 0 Å². The highest BCUT2D eigenvalue weighted by Crippen LogP contribution is 2.27. The van der Waals surface area contributed by atoms with Gasteiger partial charge in [-0.25, -0.2) is 4.68 Å². The molecule has 0 spiro atoms. The molecule has 0 bridgehead atoms. The highest BCUT2D eigenvalue weighted by atomic mass is 16.5. The number of aromatic nitrogens is 6. The van der Waals surface area contributed by atoms with Gasteiger partial charge < -0.3 is 9.64 Å². The summed E-state index contributed by atoms with van der Waals surface area (Å²) in [6.07, 6.45) is 2.74. The molecule has 0 aliphatic carbocycles. The summed E-state index contributed by atoms with van der Waals surface area (Å²) >= 11 is 0. The summed E-state index contributed by atoms with van der Waals surface area (Å²) in [7, 11) is 1.65. The monoisotopic (exact) mass is 375 g/mol.